The highest BCUT2D eigenvalue weighted by atomic mass is 35.5. The minimum Gasteiger partial charge on any atom is -0.258 e. The molecular formula is C9H11ClN2O6S3. The van der Waals surface area contributed by atoms with Gasteiger partial charge in [-0.3, -0.25) is 10.1 Å². The van der Waals surface area contributed by atoms with Crippen molar-refractivity contribution in [3.8, 4) is 0 Å². The molecule has 2 heterocycles. The highest BCUT2D eigenvalue weighted by Crippen LogP contribution is 2.36. The molecule has 0 bridgehead atoms. The van der Waals surface area contributed by atoms with Crippen molar-refractivity contribution >= 4 is 48.5 Å². The van der Waals surface area contributed by atoms with Crippen LogP contribution in [0.1, 0.15) is 12.8 Å². The molecule has 1 N–H and O–H groups in total. The number of nitro groups is 1. The second-order valence-electron chi connectivity index (χ2n) is 4.46. The second-order valence-corrected chi connectivity index (χ2v) is 10.5. The summed E-state index contributed by atoms with van der Waals surface area (Å²) in [6.45, 7) is -0.242. The highest BCUT2D eigenvalue weighted by molar-refractivity contribution is 7.93. The molecule has 1 aliphatic rings. The summed E-state index contributed by atoms with van der Waals surface area (Å²) in [5.74, 6) is 0.0513. The van der Waals surface area contributed by atoms with E-state index in [9.17, 15) is 26.9 Å². The van der Waals surface area contributed by atoms with Crippen LogP contribution in [0.15, 0.2) is 10.3 Å². The largest absolute Gasteiger partial charge is 0.300 e. The fourth-order valence-corrected chi connectivity index (χ4v) is 6.62. The third kappa shape index (κ3) is 3.54. The van der Waals surface area contributed by atoms with Crippen molar-refractivity contribution in [2.45, 2.75) is 22.3 Å². The molecular weight excluding hydrogens is 364 g/mol. The number of nitrogens with one attached hydrogen (secondary N) is 1. The summed E-state index contributed by atoms with van der Waals surface area (Å²) in [5, 5.41) is 9.90. The molecule has 1 aliphatic heterocycles. The van der Waals surface area contributed by atoms with E-state index in [1.807, 2.05) is 0 Å². The first-order valence-corrected chi connectivity index (χ1v) is 10.2. The third-order valence-electron chi connectivity index (χ3n) is 3.07. The van der Waals surface area contributed by atoms with Crippen LogP contribution in [-0.4, -0.2) is 39.3 Å². The summed E-state index contributed by atoms with van der Waals surface area (Å²) in [4.78, 5) is 9.87. The van der Waals surface area contributed by atoms with Crippen molar-refractivity contribution in [3.05, 3.63) is 20.5 Å². The number of nitrogens with zero attached hydrogens (tertiary/aromatic N) is 1. The van der Waals surface area contributed by atoms with E-state index in [4.69, 9.17) is 11.6 Å². The number of thiophene rings is 1. The van der Waals surface area contributed by atoms with Crippen molar-refractivity contribution < 1.29 is 21.8 Å². The van der Waals surface area contributed by atoms with Gasteiger partial charge in [0.2, 0.25) is 10.0 Å². The van der Waals surface area contributed by atoms with Crippen LogP contribution in [0.4, 0.5) is 5.69 Å². The SMILES string of the molecule is O=[N+]([O-])c1cc(S(=O)(=O)NCC2CCCS2(=O)=O)sc1Cl. The molecule has 0 amide bonds. The lowest BCUT2D eigenvalue weighted by Gasteiger charge is -2.10. The molecule has 1 unspecified atom stereocenters. The molecule has 1 atom stereocenters. The Morgan fingerprint density at radius 3 is 2.67 bits per heavy atom. The molecule has 1 fully saturated rings. The maximum absolute atomic E-state index is 12.0. The van der Waals surface area contributed by atoms with Crippen LogP contribution >= 0.6 is 22.9 Å². The van der Waals surface area contributed by atoms with Crippen LogP contribution in [0.2, 0.25) is 4.34 Å². The van der Waals surface area contributed by atoms with Gasteiger partial charge in [-0.25, -0.2) is 21.6 Å². The van der Waals surface area contributed by atoms with Gasteiger partial charge in [0.1, 0.15) is 4.21 Å². The summed E-state index contributed by atoms with van der Waals surface area (Å²) in [6, 6.07) is 0.860. The minimum absolute atomic E-state index is 0.0513. The van der Waals surface area contributed by atoms with Crippen molar-refractivity contribution in [1.29, 1.82) is 0 Å². The van der Waals surface area contributed by atoms with Crippen LogP contribution in [0, 0.1) is 10.1 Å². The fraction of sp³-hybridized carbons (Fsp3) is 0.556. The lowest BCUT2D eigenvalue weighted by atomic mass is 10.2. The number of sulfonamides is 1. The fourth-order valence-electron chi connectivity index (χ4n) is 1.96. The van der Waals surface area contributed by atoms with Gasteiger partial charge in [0.05, 0.1) is 15.9 Å². The molecule has 1 aromatic rings. The first-order chi connectivity index (χ1) is 9.63. The lowest BCUT2D eigenvalue weighted by molar-refractivity contribution is -0.384. The van der Waals surface area contributed by atoms with Crippen molar-refractivity contribution in [2.75, 3.05) is 12.3 Å². The zero-order valence-corrected chi connectivity index (χ0v) is 13.7. The first-order valence-electron chi connectivity index (χ1n) is 5.78. The predicted molar refractivity (Wildman–Crippen MR) is 78.0 cm³/mol. The molecule has 0 saturated carbocycles. The molecule has 1 aromatic heterocycles. The molecule has 2 rings (SSSR count). The number of halogens is 1. The van der Waals surface area contributed by atoms with Crippen LogP contribution < -0.4 is 4.72 Å². The van der Waals surface area contributed by atoms with Crippen LogP contribution in [0.5, 0.6) is 0 Å². The Hall–Kier alpha value is -0.750. The molecule has 0 aromatic carbocycles. The molecule has 21 heavy (non-hydrogen) atoms. The average Bonchev–Trinajstić information content (AvgIpc) is 2.90. The number of rotatable bonds is 5. The van der Waals surface area contributed by atoms with E-state index in [2.05, 4.69) is 4.72 Å². The summed E-state index contributed by atoms with van der Waals surface area (Å²) < 4.78 is 48.9. The Kier molecular flexibility index (Phi) is 4.59. The van der Waals surface area contributed by atoms with E-state index in [-0.39, 0.29) is 20.8 Å². The normalized spacial score (nSPS) is 21.5. The molecule has 12 heteroatoms. The number of hydrogen-bond acceptors (Lipinski definition) is 7. The standard InChI is InChI=1S/C9H11ClN2O6S3/c10-9-7(12(13)14)4-8(19-9)21(17,18)11-5-6-2-1-3-20(6,15)16/h4,6,11H,1-3,5H2. The van der Waals surface area contributed by atoms with Gasteiger partial charge in [0.25, 0.3) is 5.69 Å². The molecule has 8 nitrogen and oxygen atoms in total. The zero-order valence-electron chi connectivity index (χ0n) is 10.5. The van der Waals surface area contributed by atoms with Gasteiger partial charge in [-0.2, -0.15) is 0 Å². The Bertz CT molecular complexity index is 769. The quantitative estimate of drug-likeness (QED) is 0.609. The van der Waals surface area contributed by atoms with E-state index in [0.29, 0.717) is 24.2 Å². The molecule has 1 saturated heterocycles. The van der Waals surface area contributed by atoms with E-state index in [1.54, 1.807) is 0 Å². The smallest absolute Gasteiger partial charge is 0.258 e. The molecule has 0 radical (unpaired) electrons. The zero-order chi connectivity index (χ0) is 15.8. The molecule has 0 spiro atoms. The molecule has 118 valence electrons. The Morgan fingerprint density at radius 1 is 1.52 bits per heavy atom. The van der Waals surface area contributed by atoms with Crippen LogP contribution in [0.25, 0.3) is 0 Å². The first kappa shape index (κ1) is 16.6. The van der Waals surface area contributed by atoms with Gasteiger partial charge in [0.15, 0.2) is 14.2 Å². The van der Waals surface area contributed by atoms with E-state index < -0.39 is 35.7 Å². The van der Waals surface area contributed by atoms with Crippen LogP contribution in [-0.2, 0) is 19.9 Å². The monoisotopic (exact) mass is 374 g/mol. The van der Waals surface area contributed by atoms with Gasteiger partial charge in [-0.05, 0) is 12.8 Å². The third-order valence-corrected chi connectivity index (χ3v) is 8.58. The topological polar surface area (TPSA) is 123 Å². The van der Waals surface area contributed by atoms with E-state index in [0.717, 1.165) is 6.07 Å². The van der Waals surface area contributed by atoms with E-state index >= 15 is 0 Å². The van der Waals surface area contributed by atoms with Crippen molar-refractivity contribution in [1.82, 2.24) is 4.72 Å². The summed E-state index contributed by atoms with van der Waals surface area (Å²) >= 11 is 6.16. The average molecular weight is 375 g/mol. The maximum Gasteiger partial charge on any atom is 0.300 e. The Balaban J connectivity index is 2.16. The van der Waals surface area contributed by atoms with Gasteiger partial charge >= 0.3 is 0 Å². The highest BCUT2D eigenvalue weighted by Gasteiger charge is 2.33. The minimum atomic E-state index is -4.02. The second kappa shape index (κ2) is 5.80. The van der Waals surface area contributed by atoms with Crippen molar-refractivity contribution in [2.24, 2.45) is 0 Å². The van der Waals surface area contributed by atoms with Gasteiger partial charge in [-0.15, -0.1) is 11.3 Å². The maximum atomic E-state index is 12.0. The number of sulfone groups is 1. The summed E-state index contributed by atoms with van der Waals surface area (Å²) in [7, 11) is -7.28. The van der Waals surface area contributed by atoms with Gasteiger partial charge < -0.3 is 0 Å². The Labute approximate surface area is 130 Å². The Morgan fingerprint density at radius 2 is 2.19 bits per heavy atom. The van der Waals surface area contributed by atoms with Crippen molar-refractivity contribution in [3.63, 3.8) is 0 Å². The van der Waals surface area contributed by atoms with Gasteiger partial charge in [-0.1, -0.05) is 11.6 Å². The van der Waals surface area contributed by atoms with E-state index in [1.165, 1.54) is 0 Å². The predicted octanol–water partition coefficient (Wildman–Crippen LogP) is 1.17. The summed E-state index contributed by atoms with van der Waals surface area (Å²) in [6.07, 6.45) is 0.904. The van der Waals surface area contributed by atoms with Crippen LogP contribution in [0.3, 0.4) is 0 Å². The number of hydrogen-bond donors (Lipinski definition) is 1. The van der Waals surface area contributed by atoms with Gasteiger partial charge in [0, 0.05) is 12.6 Å². The summed E-state index contributed by atoms with van der Waals surface area (Å²) in [5.41, 5.74) is -0.490. The lowest BCUT2D eigenvalue weighted by Crippen LogP contribution is -2.34. The molecule has 0 aliphatic carbocycles.